The Balaban J connectivity index is 1.33. The molecule has 3 heterocycles. The van der Waals surface area contributed by atoms with E-state index in [2.05, 4.69) is 88.5 Å². The number of aromatic nitrogens is 1. The van der Waals surface area contributed by atoms with Crippen molar-refractivity contribution < 1.29 is 4.79 Å². The highest BCUT2D eigenvalue weighted by Crippen LogP contribution is 2.28. The van der Waals surface area contributed by atoms with Crippen LogP contribution in [0.3, 0.4) is 0 Å². The largest absolute Gasteiger partial charge is 0.335 e. The first-order valence-corrected chi connectivity index (χ1v) is 11.7. The van der Waals surface area contributed by atoms with Gasteiger partial charge in [0.2, 0.25) is 0 Å². The number of hydrogen-bond donors (Lipinski definition) is 0. The summed E-state index contributed by atoms with van der Waals surface area (Å²) in [7, 11) is 0. The van der Waals surface area contributed by atoms with Crippen molar-refractivity contribution in [2.45, 2.75) is 20.0 Å². The predicted molar refractivity (Wildman–Crippen MR) is 128 cm³/mol. The number of rotatable bonds is 5. The van der Waals surface area contributed by atoms with Crippen molar-refractivity contribution in [3.8, 4) is 0 Å². The smallest absolute Gasteiger partial charge is 0.270 e. The van der Waals surface area contributed by atoms with Crippen LogP contribution in [0, 0.1) is 6.92 Å². The molecule has 0 spiro atoms. The number of carbonyl (C=O) groups is 1. The Kier molecular flexibility index (Phi) is 5.62. The van der Waals surface area contributed by atoms with E-state index in [0.29, 0.717) is 0 Å². The van der Waals surface area contributed by atoms with Crippen LogP contribution in [-0.4, -0.2) is 46.5 Å². The third-order valence-electron chi connectivity index (χ3n) is 6.24. The molecule has 0 aliphatic carbocycles. The zero-order valence-corrected chi connectivity index (χ0v) is 18.6. The zero-order valence-electron chi connectivity index (χ0n) is 17.8. The number of hydrogen-bond acceptors (Lipinski definition) is 3. The van der Waals surface area contributed by atoms with Gasteiger partial charge in [-0.05, 0) is 41.1 Å². The van der Waals surface area contributed by atoms with E-state index in [4.69, 9.17) is 0 Å². The molecule has 1 aliphatic rings. The van der Waals surface area contributed by atoms with E-state index < -0.39 is 0 Å². The van der Waals surface area contributed by atoms with Crippen molar-refractivity contribution >= 4 is 27.5 Å². The van der Waals surface area contributed by atoms with Crippen molar-refractivity contribution in [1.82, 2.24) is 14.4 Å². The molecule has 0 atom stereocenters. The minimum absolute atomic E-state index is 0.149. The van der Waals surface area contributed by atoms with Crippen molar-refractivity contribution in [3.63, 3.8) is 0 Å². The summed E-state index contributed by atoms with van der Waals surface area (Å²) >= 11 is 1.70. The van der Waals surface area contributed by atoms with Gasteiger partial charge in [0, 0.05) is 39.3 Å². The molecule has 2 aromatic carbocycles. The quantitative estimate of drug-likeness (QED) is 0.446. The SMILES string of the molecule is Cc1ccccc1Cn1c(C(=O)N2CCN(Cc3ccccc3)CC2)cc2sccc21. The Morgan fingerprint density at radius 1 is 0.903 bits per heavy atom. The number of aryl methyl sites for hydroxylation is 1. The second-order valence-corrected chi connectivity index (χ2v) is 9.21. The van der Waals surface area contributed by atoms with Gasteiger partial charge in [0.05, 0.1) is 10.2 Å². The van der Waals surface area contributed by atoms with E-state index in [1.54, 1.807) is 11.3 Å². The Labute approximate surface area is 187 Å². The minimum atomic E-state index is 0.149. The maximum absolute atomic E-state index is 13.5. The minimum Gasteiger partial charge on any atom is -0.335 e. The normalized spacial score (nSPS) is 14.9. The molecule has 1 amide bonds. The lowest BCUT2D eigenvalue weighted by molar-refractivity contribution is 0.0619. The van der Waals surface area contributed by atoms with Crippen LogP contribution in [-0.2, 0) is 13.1 Å². The first-order valence-electron chi connectivity index (χ1n) is 10.9. The third-order valence-corrected chi connectivity index (χ3v) is 7.09. The van der Waals surface area contributed by atoms with Crippen LogP contribution in [0.4, 0.5) is 0 Å². The van der Waals surface area contributed by atoms with Crippen LogP contribution < -0.4 is 0 Å². The van der Waals surface area contributed by atoms with E-state index in [-0.39, 0.29) is 5.91 Å². The maximum Gasteiger partial charge on any atom is 0.270 e. The van der Waals surface area contributed by atoms with E-state index in [1.165, 1.54) is 21.4 Å². The Hall–Kier alpha value is -2.89. The van der Waals surface area contributed by atoms with Gasteiger partial charge in [-0.3, -0.25) is 9.69 Å². The lowest BCUT2D eigenvalue weighted by atomic mass is 10.1. The van der Waals surface area contributed by atoms with Gasteiger partial charge in [-0.1, -0.05) is 54.6 Å². The summed E-state index contributed by atoms with van der Waals surface area (Å²) in [6.07, 6.45) is 0. The molecule has 0 N–H and O–H groups in total. The molecule has 1 fully saturated rings. The fourth-order valence-electron chi connectivity index (χ4n) is 4.40. The summed E-state index contributed by atoms with van der Waals surface area (Å²) in [5.41, 5.74) is 5.80. The van der Waals surface area contributed by atoms with Crippen LogP contribution in [0.1, 0.15) is 27.2 Å². The second-order valence-electron chi connectivity index (χ2n) is 8.27. The highest BCUT2D eigenvalue weighted by molar-refractivity contribution is 7.17. The molecular weight excluding hydrogens is 402 g/mol. The van der Waals surface area contributed by atoms with E-state index in [1.807, 2.05) is 4.90 Å². The van der Waals surface area contributed by atoms with Gasteiger partial charge in [-0.2, -0.15) is 0 Å². The average Bonchev–Trinajstić information content (AvgIpc) is 3.39. The number of fused-ring (bicyclic) bond motifs is 1. The predicted octanol–water partition coefficient (Wildman–Crippen LogP) is 5.02. The molecule has 2 aromatic heterocycles. The molecular formula is C26H27N3OS. The van der Waals surface area contributed by atoms with Gasteiger partial charge in [0.1, 0.15) is 5.69 Å². The van der Waals surface area contributed by atoms with Gasteiger partial charge < -0.3 is 9.47 Å². The van der Waals surface area contributed by atoms with Crippen LogP contribution in [0.5, 0.6) is 0 Å². The van der Waals surface area contributed by atoms with E-state index in [0.717, 1.165) is 50.5 Å². The molecule has 0 unspecified atom stereocenters. The Morgan fingerprint density at radius 2 is 1.65 bits per heavy atom. The molecule has 0 radical (unpaired) electrons. The van der Waals surface area contributed by atoms with Gasteiger partial charge in [0.15, 0.2) is 0 Å². The highest BCUT2D eigenvalue weighted by Gasteiger charge is 2.26. The lowest BCUT2D eigenvalue weighted by Crippen LogP contribution is -2.48. The van der Waals surface area contributed by atoms with Crippen LogP contribution >= 0.6 is 11.3 Å². The molecule has 0 saturated carbocycles. The van der Waals surface area contributed by atoms with E-state index in [9.17, 15) is 4.79 Å². The number of benzene rings is 2. The van der Waals surface area contributed by atoms with Gasteiger partial charge in [0.25, 0.3) is 5.91 Å². The fourth-order valence-corrected chi connectivity index (χ4v) is 5.22. The Morgan fingerprint density at radius 3 is 2.42 bits per heavy atom. The van der Waals surface area contributed by atoms with Crippen molar-refractivity contribution in [3.05, 3.63) is 94.5 Å². The van der Waals surface area contributed by atoms with Crippen molar-refractivity contribution in [2.24, 2.45) is 0 Å². The second kappa shape index (κ2) is 8.69. The summed E-state index contributed by atoms with van der Waals surface area (Å²) in [5.74, 6) is 0.149. The molecule has 5 rings (SSSR count). The summed E-state index contributed by atoms with van der Waals surface area (Å²) in [4.78, 5) is 18.0. The topological polar surface area (TPSA) is 28.5 Å². The Bertz CT molecular complexity index is 1190. The molecule has 4 aromatic rings. The third kappa shape index (κ3) is 4.16. The fraction of sp³-hybridized carbons (Fsp3) is 0.269. The van der Waals surface area contributed by atoms with E-state index >= 15 is 0 Å². The molecule has 31 heavy (non-hydrogen) atoms. The average molecular weight is 430 g/mol. The summed E-state index contributed by atoms with van der Waals surface area (Å²) in [5, 5.41) is 2.11. The number of nitrogens with zero attached hydrogens (tertiary/aromatic N) is 3. The lowest BCUT2D eigenvalue weighted by Gasteiger charge is -2.35. The molecule has 158 valence electrons. The number of amides is 1. The molecule has 0 bridgehead atoms. The monoisotopic (exact) mass is 429 g/mol. The van der Waals surface area contributed by atoms with Gasteiger partial charge >= 0.3 is 0 Å². The number of thiophene rings is 1. The number of piperazine rings is 1. The highest BCUT2D eigenvalue weighted by atomic mass is 32.1. The standard InChI is InChI=1S/C26H27N3OS/c1-20-7-5-6-10-22(20)19-29-23-11-16-31-25(23)17-24(29)26(30)28-14-12-27(13-15-28)18-21-8-3-2-4-9-21/h2-11,16-17H,12-15,18-19H2,1H3. The van der Waals surface area contributed by atoms with Gasteiger partial charge in [-0.25, -0.2) is 0 Å². The van der Waals surface area contributed by atoms with Crippen LogP contribution in [0.15, 0.2) is 72.1 Å². The molecule has 5 heteroatoms. The number of carbonyl (C=O) groups excluding carboxylic acids is 1. The van der Waals surface area contributed by atoms with Gasteiger partial charge in [-0.15, -0.1) is 11.3 Å². The molecule has 1 saturated heterocycles. The van der Waals surface area contributed by atoms with Crippen molar-refractivity contribution in [2.75, 3.05) is 26.2 Å². The summed E-state index contributed by atoms with van der Waals surface area (Å²) in [6.45, 7) is 7.17. The zero-order chi connectivity index (χ0) is 21.2. The molecule has 4 nitrogen and oxygen atoms in total. The summed E-state index contributed by atoms with van der Waals surface area (Å²) < 4.78 is 3.38. The van der Waals surface area contributed by atoms with Crippen molar-refractivity contribution in [1.29, 1.82) is 0 Å². The van der Waals surface area contributed by atoms with Crippen LogP contribution in [0.25, 0.3) is 10.2 Å². The first kappa shape index (κ1) is 20.0. The first-order chi connectivity index (χ1) is 15.2. The summed E-state index contributed by atoms with van der Waals surface area (Å²) in [6, 6.07) is 23.2. The van der Waals surface area contributed by atoms with Crippen LogP contribution in [0.2, 0.25) is 0 Å². The maximum atomic E-state index is 13.5. The molecule has 1 aliphatic heterocycles.